The van der Waals surface area contributed by atoms with Crippen molar-refractivity contribution in [2.45, 2.75) is 25.3 Å². The number of hydrogen-bond donors (Lipinski definition) is 1. The monoisotopic (exact) mass is 349 g/mol. The van der Waals surface area contributed by atoms with E-state index in [2.05, 4.69) is 15.5 Å². The number of amides is 1. The summed E-state index contributed by atoms with van der Waals surface area (Å²) in [7, 11) is 0. The summed E-state index contributed by atoms with van der Waals surface area (Å²) >= 11 is 0. The zero-order chi connectivity index (χ0) is 18.0. The van der Waals surface area contributed by atoms with Crippen LogP contribution in [0.1, 0.15) is 24.5 Å². The third kappa shape index (κ3) is 2.94. The molecule has 0 saturated heterocycles. The van der Waals surface area contributed by atoms with Crippen LogP contribution in [-0.4, -0.2) is 22.7 Å². The number of aromatic nitrogens is 2. The first-order valence-corrected chi connectivity index (χ1v) is 8.53. The number of nitrogens with one attached hydrogen (secondary N) is 1. The minimum atomic E-state index is -0.585. The molecule has 2 aromatic carbocycles. The summed E-state index contributed by atoms with van der Waals surface area (Å²) < 4.78 is 10.9. The molecule has 1 aromatic heterocycles. The standard InChI is InChI=1S/C20H19N3O3/c1-20(10-11-25-17-5-3-2-4-16(17)20)19(24)21-12-14-6-8-15(9-7-14)18-23-22-13-26-18/h2-9,13H,10-12H2,1H3,(H,21,24). The summed E-state index contributed by atoms with van der Waals surface area (Å²) in [6, 6.07) is 15.4. The number of hydrogen-bond acceptors (Lipinski definition) is 5. The zero-order valence-corrected chi connectivity index (χ0v) is 14.4. The van der Waals surface area contributed by atoms with Crippen LogP contribution in [0.25, 0.3) is 11.5 Å². The van der Waals surface area contributed by atoms with E-state index in [0.29, 0.717) is 25.5 Å². The molecule has 2 heterocycles. The van der Waals surface area contributed by atoms with Crippen molar-refractivity contribution in [3.8, 4) is 17.2 Å². The highest BCUT2D eigenvalue weighted by atomic mass is 16.5. The number of rotatable bonds is 4. The van der Waals surface area contributed by atoms with Crippen molar-refractivity contribution in [3.05, 3.63) is 66.1 Å². The molecule has 6 nitrogen and oxygen atoms in total. The number of carbonyl (C=O) groups excluding carboxylic acids is 1. The number of ether oxygens (including phenoxy) is 1. The largest absolute Gasteiger partial charge is 0.493 e. The van der Waals surface area contributed by atoms with Gasteiger partial charge in [0.2, 0.25) is 18.2 Å². The lowest BCUT2D eigenvalue weighted by atomic mass is 9.77. The van der Waals surface area contributed by atoms with Crippen LogP contribution in [0.3, 0.4) is 0 Å². The van der Waals surface area contributed by atoms with Crippen molar-refractivity contribution in [1.29, 1.82) is 0 Å². The van der Waals surface area contributed by atoms with Crippen molar-refractivity contribution >= 4 is 5.91 Å². The van der Waals surface area contributed by atoms with E-state index in [9.17, 15) is 4.79 Å². The Morgan fingerprint density at radius 2 is 2.00 bits per heavy atom. The summed E-state index contributed by atoms with van der Waals surface area (Å²) in [6.07, 6.45) is 1.96. The predicted molar refractivity (Wildman–Crippen MR) is 95.5 cm³/mol. The van der Waals surface area contributed by atoms with Gasteiger partial charge in [-0.25, -0.2) is 0 Å². The molecule has 1 aliphatic heterocycles. The van der Waals surface area contributed by atoms with Crippen LogP contribution >= 0.6 is 0 Å². The van der Waals surface area contributed by atoms with Gasteiger partial charge in [0.1, 0.15) is 5.75 Å². The predicted octanol–water partition coefficient (Wildman–Crippen LogP) is 3.09. The molecular formula is C20H19N3O3. The van der Waals surface area contributed by atoms with Crippen LogP contribution < -0.4 is 10.1 Å². The van der Waals surface area contributed by atoms with Crippen LogP contribution in [0.2, 0.25) is 0 Å². The van der Waals surface area contributed by atoms with E-state index < -0.39 is 5.41 Å². The second-order valence-electron chi connectivity index (χ2n) is 6.55. The van der Waals surface area contributed by atoms with Crippen LogP contribution in [0.15, 0.2) is 59.3 Å². The molecule has 1 N–H and O–H groups in total. The molecule has 3 aromatic rings. The van der Waals surface area contributed by atoms with Gasteiger partial charge in [0.15, 0.2) is 0 Å². The topological polar surface area (TPSA) is 77.3 Å². The first-order valence-electron chi connectivity index (χ1n) is 8.53. The van der Waals surface area contributed by atoms with Crippen molar-refractivity contribution in [1.82, 2.24) is 15.5 Å². The zero-order valence-electron chi connectivity index (χ0n) is 14.4. The Morgan fingerprint density at radius 1 is 1.19 bits per heavy atom. The van der Waals surface area contributed by atoms with Gasteiger partial charge in [0.25, 0.3) is 0 Å². The van der Waals surface area contributed by atoms with E-state index in [1.807, 2.05) is 55.5 Å². The van der Waals surface area contributed by atoms with Gasteiger partial charge in [-0.05, 0) is 37.1 Å². The molecule has 0 fully saturated rings. The lowest BCUT2D eigenvalue weighted by molar-refractivity contribution is -0.127. The SMILES string of the molecule is CC1(C(=O)NCc2ccc(-c3nnco3)cc2)CCOc2ccccc21. The number of fused-ring (bicyclic) bond motifs is 1. The van der Waals surface area contributed by atoms with Gasteiger partial charge >= 0.3 is 0 Å². The maximum absolute atomic E-state index is 12.9. The highest BCUT2D eigenvalue weighted by Crippen LogP contribution is 2.38. The van der Waals surface area contributed by atoms with E-state index >= 15 is 0 Å². The Bertz CT molecular complexity index is 906. The summed E-state index contributed by atoms with van der Waals surface area (Å²) in [5.74, 6) is 1.28. The molecule has 0 spiro atoms. The van der Waals surface area contributed by atoms with Crippen molar-refractivity contribution < 1.29 is 13.9 Å². The molecule has 6 heteroatoms. The van der Waals surface area contributed by atoms with Gasteiger partial charge in [0.05, 0.1) is 12.0 Å². The van der Waals surface area contributed by atoms with E-state index in [1.165, 1.54) is 6.39 Å². The van der Waals surface area contributed by atoms with Crippen LogP contribution in [0.5, 0.6) is 5.75 Å². The molecule has 1 amide bonds. The number of nitrogens with zero attached hydrogens (tertiary/aromatic N) is 2. The molecule has 1 atom stereocenters. The second kappa shape index (κ2) is 6.63. The number of carbonyl (C=O) groups is 1. The van der Waals surface area contributed by atoms with Gasteiger partial charge in [0, 0.05) is 17.7 Å². The highest BCUT2D eigenvalue weighted by Gasteiger charge is 2.39. The highest BCUT2D eigenvalue weighted by molar-refractivity contribution is 5.88. The molecule has 4 rings (SSSR count). The van der Waals surface area contributed by atoms with E-state index in [4.69, 9.17) is 9.15 Å². The average Bonchev–Trinajstić information content (AvgIpc) is 3.22. The van der Waals surface area contributed by atoms with Gasteiger partial charge < -0.3 is 14.5 Å². The smallest absolute Gasteiger partial charge is 0.247 e. The number of para-hydroxylation sites is 1. The molecule has 0 saturated carbocycles. The van der Waals surface area contributed by atoms with E-state index in [0.717, 1.165) is 22.4 Å². The van der Waals surface area contributed by atoms with E-state index in [-0.39, 0.29) is 5.91 Å². The Morgan fingerprint density at radius 3 is 2.77 bits per heavy atom. The average molecular weight is 349 g/mol. The molecule has 1 aliphatic rings. The Kier molecular flexibility index (Phi) is 4.16. The maximum atomic E-state index is 12.9. The van der Waals surface area contributed by atoms with Crippen molar-refractivity contribution in [2.24, 2.45) is 0 Å². The molecule has 0 radical (unpaired) electrons. The molecular weight excluding hydrogens is 330 g/mol. The molecule has 1 unspecified atom stereocenters. The summed E-state index contributed by atoms with van der Waals surface area (Å²) in [5.41, 5.74) is 2.21. The lowest BCUT2D eigenvalue weighted by Gasteiger charge is -2.34. The normalized spacial score (nSPS) is 18.7. The third-order valence-electron chi connectivity index (χ3n) is 4.86. The molecule has 0 bridgehead atoms. The maximum Gasteiger partial charge on any atom is 0.247 e. The van der Waals surface area contributed by atoms with Crippen molar-refractivity contribution in [3.63, 3.8) is 0 Å². The molecule has 132 valence electrons. The Labute approximate surface area is 151 Å². The Balaban J connectivity index is 1.46. The van der Waals surface area contributed by atoms with Crippen LogP contribution in [0, 0.1) is 0 Å². The fourth-order valence-electron chi connectivity index (χ4n) is 3.23. The second-order valence-corrected chi connectivity index (χ2v) is 6.55. The molecule has 0 aliphatic carbocycles. The summed E-state index contributed by atoms with van der Waals surface area (Å²) in [6.45, 7) is 2.98. The fourth-order valence-corrected chi connectivity index (χ4v) is 3.23. The summed E-state index contributed by atoms with van der Waals surface area (Å²) in [4.78, 5) is 12.9. The first-order chi connectivity index (χ1) is 12.7. The Hall–Kier alpha value is -3.15. The van der Waals surface area contributed by atoms with Gasteiger partial charge in [-0.3, -0.25) is 4.79 Å². The lowest BCUT2D eigenvalue weighted by Crippen LogP contribution is -2.45. The third-order valence-corrected chi connectivity index (χ3v) is 4.86. The summed E-state index contributed by atoms with van der Waals surface area (Å²) in [5, 5.41) is 10.6. The van der Waals surface area contributed by atoms with E-state index in [1.54, 1.807) is 0 Å². The minimum Gasteiger partial charge on any atom is -0.493 e. The van der Waals surface area contributed by atoms with Crippen LogP contribution in [-0.2, 0) is 16.8 Å². The van der Waals surface area contributed by atoms with Gasteiger partial charge in [-0.2, -0.15) is 0 Å². The minimum absolute atomic E-state index is 0.00854. The van der Waals surface area contributed by atoms with Crippen molar-refractivity contribution in [2.75, 3.05) is 6.61 Å². The number of benzene rings is 2. The van der Waals surface area contributed by atoms with Gasteiger partial charge in [-0.15, -0.1) is 10.2 Å². The first kappa shape index (κ1) is 16.3. The molecule has 26 heavy (non-hydrogen) atoms. The quantitative estimate of drug-likeness (QED) is 0.783. The fraction of sp³-hybridized carbons (Fsp3) is 0.250. The van der Waals surface area contributed by atoms with Crippen LogP contribution in [0.4, 0.5) is 0 Å². The van der Waals surface area contributed by atoms with Gasteiger partial charge in [-0.1, -0.05) is 30.3 Å².